The number of thiophene rings is 1. The first-order valence-electron chi connectivity index (χ1n) is 8.10. The van der Waals surface area contributed by atoms with Crippen molar-refractivity contribution in [2.24, 2.45) is 0 Å². The van der Waals surface area contributed by atoms with Crippen LogP contribution in [0.3, 0.4) is 0 Å². The van der Waals surface area contributed by atoms with E-state index in [0.29, 0.717) is 29.0 Å². The Morgan fingerprint density at radius 1 is 1.31 bits per heavy atom. The molecule has 1 saturated carbocycles. The number of aromatic nitrogens is 2. The summed E-state index contributed by atoms with van der Waals surface area (Å²) in [5.41, 5.74) is 1.44. The summed E-state index contributed by atoms with van der Waals surface area (Å²) in [4.78, 5) is 0. The van der Waals surface area contributed by atoms with E-state index in [4.69, 9.17) is 9.15 Å². The van der Waals surface area contributed by atoms with E-state index in [1.54, 1.807) is 24.6 Å². The van der Waals surface area contributed by atoms with Gasteiger partial charge in [-0.25, -0.2) is 13.1 Å². The first-order valence-corrected chi connectivity index (χ1v) is 10.5. The predicted molar refractivity (Wildman–Crippen MR) is 96.6 cm³/mol. The van der Waals surface area contributed by atoms with Crippen LogP contribution in [0.1, 0.15) is 30.2 Å². The standard InChI is InChI=1S/C17H17N3O4S2/c1-23-14-4-2-3-11(7-14)9-18-26(21,22)15-8-13(10-25-15)17-20-19-16(24-17)12-5-6-12/h2-4,7-8,10,12,18H,5-6,9H2,1H3. The zero-order valence-electron chi connectivity index (χ0n) is 14.0. The first kappa shape index (κ1) is 17.2. The molecule has 1 N–H and O–H groups in total. The van der Waals surface area contributed by atoms with Crippen molar-refractivity contribution in [1.29, 1.82) is 0 Å². The number of sulfonamides is 1. The number of hydrogen-bond donors (Lipinski definition) is 1. The zero-order chi connectivity index (χ0) is 18.1. The van der Waals surface area contributed by atoms with Crippen molar-refractivity contribution in [2.75, 3.05) is 7.11 Å². The van der Waals surface area contributed by atoms with Gasteiger partial charge in [-0.3, -0.25) is 0 Å². The van der Waals surface area contributed by atoms with Crippen molar-refractivity contribution in [2.45, 2.75) is 29.5 Å². The maximum Gasteiger partial charge on any atom is 0.250 e. The summed E-state index contributed by atoms with van der Waals surface area (Å²) in [7, 11) is -2.05. The van der Waals surface area contributed by atoms with Crippen LogP contribution in [0.25, 0.3) is 11.5 Å². The van der Waals surface area contributed by atoms with E-state index in [1.165, 1.54) is 0 Å². The molecule has 9 heteroatoms. The van der Waals surface area contributed by atoms with Gasteiger partial charge in [0.15, 0.2) is 0 Å². The van der Waals surface area contributed by atoms with Crippen molar-refractivity contribution < 1.29 is 17.6 Å². The van der Waals surface area contributed by atoms with Crippen LogP contribution in [0.2, 0.25) is 0 Å². The van der Waals surface area contributed by atoms with Gasteiger partial charge in [0.1, 0.15) is 9.96 Å². The first-order chi connectivity index (χ1) is 12.5. The number of nitrogens with one attached hydrogen (secondary N) is 1. The molecular weight excluding hydrogens is 374 g/mol. The van der Waals surface area contributed by atoms with Crippen molar-refractivity contribution in [3.05, 3.63) is 47.2 Å². The normalized spacial score (nSPS) is 14.5. The van der Waals surface area contributed by atoms with E-state index in [0.717, 1.165) is 29.7 Å². The Balaban J connectivity index is 1.48. The fraction of sp³-hybridized carbons (Fsp3) is 0.294. The predicted octanol–water partition coefficient (Wildman–Crippen LogP) is 3.16. The van der Waals surface area contributed by atoms with Crippen LogP contribution in [0.15, 0.2) is 44.3 Å². The summed E-state index contributed by atoms with van der Waals surface area (Å²) < 4.78 is 38.6. The lowest BCUT2D eigenvalue weighted by Gasteiger charge is -2.06. The summed E-state index contributed by atoms with van der Waals surface area (Å²) >= 11 is 1.12. The average molecular weight is 391 g/mol. The van der Waals surface area contributed by atoms with E-state index in [1.807, 2.05) is 18.2 Å². The molecule has 0 bridgehead atoms. The highest BCUT2D eigenvalue weighted by Gasteiger charge is 2.30. The fourth-order valence-electron chi connectivity index (χ4n) is 2.45. The van der Waals surface area contributed by atoms with Gasteiger partial charge in [0.25, 0.3) is 0 Å². The van der Waals surface area contributed by atoms with Crippen LogP contribution in [0.4, 0.5) is 0 Å². The molecule has 136 valence electrons. The second-order valence-corrected chi connectivity index (χ2v) is 8.96. The van der Waals surface area contributed by atoms with Crippen LogP contribution in [0, 0.1) is 0 Å². The Morgan fingerprint density at radius 2 is 2.15 bits per heavy atom. The number of nitrogens with zero attached hydrogens (tertiary/aromatic N) is 2. The van der Waals surface area contributed by atoms with Crippen LogP contribution in [-0.4, -0.2) is 25.7 Å². The third kappa shape index (κ3) is 3.64. The molecule has 7 nitrogen and oxygen atoms in total. The van der Waals surface area contributed by atoms with Gasteiger partial charge in [-0.05, 0) is 36.6 Å². The molecule has 0 amide bonds. The Morgan fingerprint density at radius 3 is 2.92 bits per heavy atom. The van der Waals surface area contributed by atoms with E-state index in [-0.39, 0.29) is 10.8 Å². The summed E-state index contributed by atoms with van der Waals surface area (Å²) in [5, 5.41) is 9.76. The summed E-state index contributed by atoms with van der Waals surface area (Å²) in [5.74, 6) is 2.04. The molecule has 1 fully saturated rings. The van der Waals surface area contributed by atoms with Gasteiger partial charge in [0.2, 0.25) is 21.8 Å². The number of methoxy groups -OCH3 is 1. The fourth-order valence-corrected chi connectivity index (χ4v) is 4.66. The summed E-state index contributed by atoms with van der Waals surface area (Å²) in [6.07, 6.45) is 2.14. The highest BCUT2D eigenvalue weighted by molar-refractivity contribution is 7.91. The van der Waals surface area contributed by atoms with Gasteiger partial charge in [-0.1, -0.05) is 12.1 Å². The molecule has 1 aliphatic rings. The van der Waals surface area contributed by atoms with Crippen molar-refractivity contribution >= 4 is 21.4 Å². The van der Waals surface area contributed by atoms with Crippen LogP contribution < -0.4 is 9.46 Å². The van der Waals surface area contributed by atoms with Gasteiger partial charge in [0.05, 0.1) is 12.7 Å². The van der Waals surface area contributed by atoms with Crippen molar-refractivity contribution in [3.63, 3.8) is 0 Å². The molecule has 2 heterocycles. The van der Waals surface area contributed by atoms with E-state index in [9.17, 15) is 8.42 Å². The molecular formula is C17H17N3O4S2. The Kier molecular flexibility index (Phi) is 4.51. The largest absolute Gasteiger partial charge is 0.497 e. The van der Waals surface area contributed by atoms with Gasteiger partial charge >= 0.3 is 0 Å². The Hall–Kier alpha value is -2.23. The van der Waals surface area contributed by atoms with Crippen molar-refractivity contribution in [3.8, 4) is 17.2 Å². The molecule has 1 aromatic carbocycles. The Bertz CT molecular complexity index is 1020. The lowest BCUT2D eigenvalue weighted by molar-refractivity contribution is 0.414. The molecule has 0 aliphatic heterocycles. The summed E-state index contributed by atoms with van der Waals surface area (Å²) in [6.45, 7) is 0.180. The van der Waals surface area contributed by atoms with Crippen LogP contribution in [-0.2, 0) is 16.6 Å². The molecule has 2 aromatic heterocycles. The number of ether oxygens (including phenoxy) is 1. The molecule has 26 heavy (non-hydrogen) atoms. The van der Waals surface area contributed by atoms with Crippen LogP contribution >= 0.6 is 11.3 Å². The van der Waals surface area contributed by atoms with Gasteiger partial charge < -0.3 is 9.15 Å². The lowest BCUT2D eigenvalue weighted by atomic mass is 10.2. The van der Waals surface area contributed by atoms with Gasteiger partial charge in [-0.2, -0.15) is 0 Å². The van der Waals surface area contributed by atoms with E-state index < -0.39 is 10.0 Å². The number of hydrogen-bond acceptors (Lipinski definition) is 7. The minimum absolute atomic E-state index is 0.180. The second kappa shape index (κ2) is 6.82. The molecule has 0 atom stereocenters. The summed E-state index contributed by atoms with van der Waals surface area (Å²) in [6, 6.07) is 8.81. The topological polar surface area (TPSA) is 94.3 Å². The number of rotatable bonds is 7. The highest BCUT2D eigenvalue weighted by Crippen LogP contribution is 2.40. The minimum Gasteiger partial charge on any atom is -0.497 e. The average Bonchev–Trinajstić information content (AvgIpc) is 3.17. The van der Waals surface area contributed by atoms with Crippen LogP contribution in [0.5, 0.6) is 5.75 Å². The molecule has 3 aromatic rings. The molecule has 1 aliphatic carbocycles. The monoisotopic (exact) mass is 391 g/mol. The molecule has 0 spiro atoms. The lowest BCUT2D eigenvalue weighted by Crippen LogP contribution is -2.22. The third-order valence-corrected chi connectivity index (χ3v) is 6.90. The second-order valence-electron chi connectivity index (χ2n) is 6.05. The third-order valence-electron chi connectivity index (χ3n) is 4.05. The maximum atomic E-state index is 12.5. The quantitative estimate of drug-likeness (QED) is 0.665. The zero-order valence-corrected chi connectivity index (χ0v) is 15.6. The highest BCUT2D eigenvalue weighted by atomic mass is 32.2. The molecule has 0 unspecified atom stereocenters. The minimum atomic E-state index is -3.62. The number of benzene rings is 1. The molecule has 0 saturated heterocycles. The van der Waals surface area contributed by atoms with E-state index >= 15 is 0 Å². The van der Waals surface area contributed by atoms with Gasteiger partial charge in [0, 0.05) is 17.8 Å². The van der Waals surface area contributed by atoms with Gasteiger partial charge in [-0.15, -0.1) is 21.5 Å². The maximum absolute atomic E-state index is 12.5. The SMILES string of the molecule is COc1cccc(CNS(=O)(=O)c2cc(-c3nnc(C4CC4)o3)cs2)c1. The van der Waals surface area contributed by atoms with Crippen molar-refractivity contribution in [1.82, 2.24) is 14.9 Å². The van der Waals surface area contributed by atoms with E-state index in [2.05, 4.69) is 14.9 Å². The molecule has 4 rings (SSSR count). The Labute approximate surface area is 155 Å². The molecule has 0 radical (unpaired) electrons. The smallest absolute Gasteiger partial charge is 0.250 e.